The van der Waals surface area contributed by atoms with Crippen molar-refractivity contribution in [2.45, 2.75) is 19.4 Å². The van der Waals surface area contributed by atoms with Crippen molar-refractivity contribution < 1.29 is 14.3 Å². The summed E-state index contributed by atoms with van der Waals surface area (Å²) in [5, 5.41) is 13.5. The molecule has 3 aromatic carbocycles. The van der Waals surface area contributed by atoms with Gasteiger partial charge < -0.3 is 14.3 Å². The molecule has 0 bridgehead atoms. The standard InChI is InChI=1S/C31H25N7O3/c1-20-26-27(22-9-5-3-6-10-22)28-29-34-25(18-40-33-17-21-13-15-24(39-2)16-14-21)36-37(29)19-32-30(28)41-31(26)38(35-20)23-11-7-4-8-12-23/h3-17,19,27H,18H2,1-2H3/b33-17-/t27-/m0/s1. The van der Waals surface area contributed by atoms with Gasteiger partial charge in [-0.2, -0.15) is 5.10 Å². The van der Waals surface area contributed by atoms with Gasteiger partial charge in [-0.1, -0.05) is 53.7 Å². The van der Waals surface area contributed by atoms with E-state index in [1.807, 2.05) is 84.4 Å². The summed E-state index contributed by atoms with van der Waals surface area (Å²) in [6.07, 6.45) is 3.24. The van der Waals surface area contributed by atoms with Crippen molar-refractivity contribution in [3.05, 3.63) is 125 Å². The molecule has 7 rings (SSSR count). The molecule has 1 aliphatic heterocycles. The van der Waals surface area contributed by atoms with Crippen LogP contribution in [-0.4, -0.2) is 42.7 Å². The van der Waals surface area contributed by atoms with Gasteiger partial charge in [0, 0.05) is 0 Å². The maximum absolute atomic E-state index is 6.46. The number of hydrogen-bond acceptors (Lipinski definition) is 8. The maximum Gasteiger partial charge on any atom is 0.230 e. The van der Waals surface area contributed by atoms with Gasteiger partial charge in [-0.05, 0) is 54.4 Å². The van der Waals surface area contributed by atoms with Crippen LogP contribution in [-0.2, 0) is 11.4 Å². The van der Waals surface area contributed by atoms with E-state index < -0.39 is 0 Å². The average Bonchev–Trinajstić information content (AvgIpc) is 3.60. The summed E-state index contributed by atoms with van der Waals surface area (Å²) in [7, 11) is 1.63. The van der Waals surface area contributed by atoms with Gasteiger partial charge in [-0.3, -0.25) is 0 Å². The Balaban J connectivity index is 1.26. The number of aromatic nitrogens is 6. The number of para-hydroxylation sites is 1. The van der Waals surface area contributed by atoms with Crippen LogP contribution in [0.3, 0.4) is 0 Å². The summed E-state index contributed by atoms with van der Waals surface area (Å²) in [5.74, 6) is 2.15. The fraction of sp³-hybridized carbons (Fsp3) is 0.129. The number of aryl methyl sites for hydroxylation is 1. The molecule has 0 spiro atoms. The molecule has 6 aromatic rings. The van der Waals surface area contributed by atoms with Crippen molar-refractivity contribution >= 4 is 11.9 Å². The van der Waals surface area contributed by atoms with Crippen LogP contribution in [0.15, 0.2) is 96.4 Å². The molecule has 0 saturated heterocycles. The first-order valence-electron chi connectivity index (χ1n) is 13.1. The van der Waals surface area contributed by atoms with Crippen LogP contribution in [0.1, 0.15) is 39.7 Å². The van der Waals surface area contributed by atoms with Gasteiger partial charge >= 0.3 is 0 Å². The minimum Gasteiger partial charge on any atom is -0.497 e. The molecule has 0 unspecified atom stereocenters. The quantitative estimate of drug-likeness (QED) is 0.194. The Labute approximate surface area is 235 Å². The minimum absolute atomic E-state index is 0.0934. The molecule has 0 amide bonds. The summed E-state index contributed by atoms with van der Waals surface area (Å²) < 4.78 is 15.1. The molecule has 0 aliphatic carbocycles. The zero-order valence-electron chi connectivity index (χ0n) is 22.4. The van der Waals surface area contributed by atoms with Crippen LogP contribution < -0.4 is 9.47 Å². The normalized spacial score (nSPS) is 14.0. The molecule has 202 valence electrons. The van der Waals surface area contributed by atoms with E-state index in [2.05, 4.69) is 27.4 Å². The zero-order chi connectivity index (χ0) is 27.8. The highest BCUT2D eigenvalue weighted by atomic mass is 16.6. The summed E-state index contributed by atoms with van der Waals surface area (Å²) in [6, 6.07) is 27.7. The molecule has 0 N–H and O–H groups in total. The van der Waals surface area contributed by atoms with Gasteiger partial charge in [0.15, 0.2) is 18.1 Å². The van der Waals surface area contributed by atoms with Crippen molar-refractivity contribution in [2.24, 2.45) is 5.16 Å². The molecule has 1 atom stereocenters. The van der Waals surface area contributed by atoms with Gasteiger partial charge in [0.1, 0.15) is 12.1 Å². The van der Waals surface area contributed by atoms with Crippen molar-refractivity contribution in [3.63, 3.8) is 0 Å². The van der Waals surface area contributed by atoms with Crippen molar-refractivity contribution in [3.8, 4) is 23.2 Å². The predicted octanol–water partition coefficient (Wildman–Crippen LogP) is 5.46. The lowest BCUT2D eigenvalue weighted by Crippen LogP contribution is -2.16. The van der Waals surface area contributed by atoms with Crippen LogP contribution in [0.25, 0.3) is 11.3 Å². The van der Waals surface area contributed by atoms with Crippen LogP contribution in [0, 0.1) is 6.92 Å². The first-order valence-corrected chi connectivity index (χ1v) is 13.1. The largest absolute Gasteiger partial charge is 0.497 e. The van der Waals surface area contributed by atoms with E-state index in [1.54, 1.807) is 24.2 Å². The van der Waals surface area contributed by atoms with Gasteiger partial charge in [0.2, 0.25) is 11.8 Å². The number of hydrogen-bond donors (Lipinski definition) is 0. The average molecular weight is 544 g/mol. The number of oxime groups is 1. The van der Waals surface area contributed by atoms with Crippen LogP contribution in [0.2, 0.25) is 0 Å². The summed E-state index contributed by atoms with van der Waals surface area (Å²) in [6.45, 7) is 2.09. The number of rotatable bonds is 7. The Morgan fingerprint density at radius 2 is 1.68 bits per heavy atom. The van der Waals surface area contributed by atoms with E-state index in [4.69, 9.17) is 24.4 Å². The summed E-state index contributed by atoms with van der Waals surface area (Å²) in [4.78, 5) is 15.0. The molecule has 10 nitrogen and oxygen atoms in total. The zero-order valence-corrected chi connectivity index (χ0v) is 22.4. The number of fused-ring (bicyclic) bond motifs is 4. The number of ether oxygens (including phenoxy) is 2. The van der Waals surface area contributed by atoms with E-state index in [1.165, 1.54) is 0 Å². The van der Waals surface area contributed by atoms with E-state index in [0.29, 0.717) is 23.2 Å². The Hall–Kier alpha value is -5.51. The van der Waals surface area contributed by atoms with Crippen LogP contribution >= 0.6 is 0 Å². The maximum atomic E-state index is 6.46. The summed E-state index contributed by atoms with van der Waals surface area (Å²) in [5.41, 5.74) is 6.16. The second-order valence-corrected chi connectivity index (χ2v) is 9.54. The number of nitrogens with zero attached hydrogens (tertiary/aromatic N) is 7. The van der Waals surface area contributed by atoms with Gasteiger partial charge in [-0.25, -0.2) is 19.2 Å². The first-order chi connectivity index (χ1) is 20.2. The highest BCUT2D eigenvalue weighted by Gasteiger charge is 2.38. The molecule has 1 aliphatic rings. The number of methoxy groups -OCH3 is 1. The first kappa shape index (κ1) is 24.5. The Bertz CT molecular complexity index is 1860. The molecular formula is C31H25N7O3. The second kappa shape index (κ2) is 10.2. The second-order valence-electron chi connectivity index (χ2n) is 9.54. The lowest BCUT2D eigenvalue weighted by Gasteiger charge is -2.26. The monoisotopic (exact) mass is 543 g/mol. The third kappa shape index (κ3) is 4.45. The van der Waals surface area contributed by atoms with E-state index in [0.717, 1.165) is 39.4 Å². The molecule has 4 heterocycles. The fourth-order valence-electron chi connectivity index (χ4n) is 5.09. The highest BCUT2D eigenvalue weighted by Crippen LogP contribution is 2.49. The van der Waals surface area contributed by atoms with E-state index >= 15 is 0 Å². The SMILES string of the molecule is COc1ccc(/C=N\OCc2nc3c4c(ncn3n2)Oc2c(c(C)nn2-c2ccccc2)[C@@H]4c2ccccc2)cc1. The third-order valence-electron chi connectivity index (χ3n) is 6.98. The van der Waals surface area contributed by atoms with Gasteiger partial charge in [0.25, 0.3) is 0 Å². The fourth-order valence-corrected chi connectivity index (χ4v) is 5.09. The number of benzene rings is 3. The topological polar surface area (TPSA) is 101 Å². The van der Waals surface area contributed by atoms with Gasteiger partial charge in [0.05, 0.1) is 41.8 Å². The minimum atomic E-state index is -0.213. The van der Waals surface area contributed by atoms with Gasteiger partial charge in [-0.15, -0.1) is 5.10 Å². The lowest BCUT2D eigenvalue weighted by atomic mass is 9.84. The smallest absolute Gasteiger partial charge is 0.230 e. The van der Waals surface area contributed by atoms with Crippen molar-refractivity contribution in [1.29, 1.82) is 0 Å². The van der Waals surface area contributed by atoms with E-state index in [-0.39, 0.29) is 12.5 Å². The van der Waals surface area contributed by atoms with Crippen LogP contribution in [0.4, 0.5) is 0 Å². The molecule has 41 heavy (non-hydrogen) atoms. The Morgan fingerprint density at radius 3 is 2.44 bits per heavy atom. The molecule has 0 saturated carbocycles. The van der Waals surface area contributed by atoms with Crippen LogP contribution in [0.5, 0.6) is 17.5 Å². The molecular weight excluding hydrogens is 518 g/mol. The Morgan fingerprint density at radius 1 is 0.927 bits per heavy atom. The molecule has 0 radical (unpaired) electrons. The summed E-state index contributed by atoms with van der Waals surface area (Å²) >= 11 is 0. The lowest BCUT2D eigenvalue weighted by molar-refractivity contribution is 0.126. The Kier molecular flexibility index (Phi) is 6.12. The highest BCUT2D eigenvalue weighted by molar-refractivity contribution is 5.79. The van der Waals surface area contributed by atoms with Crippen molar-refractivity contribution in [1.82, 2.24) is 29.4 Å². The third-order valence-corrected chi connectivity index (χ3v) is 6.98. The molecule has 10 heteroatoms. The molecule has 0 fully saturated rings. The van der Waals surface area contributed by atoms with E-state index in [9.17, 15) is 0 Å². The van der Waals surface area contributed by atoms with Crippen molar-refractivity contribution in [2.75, 3.05) is 7.11 Å². The molecule has 3 aromatic heterocycles. The predicted molar refractivity (Wildman–Crippen MR) is 152 cm³/mol.